The molecule has 234 valence electrons. The number of fused-ring (bicyclic) bond motifs is 3. The van der Waals surface area contributed by atoms with E-state index in [2.05, 4.69) is 10.6 Å². The number of Topliss-reactive ketones (excluding diaryl/α,β-unsaturated/α-hetero) is 1. The summed E-state index contributed by atoms with van der Waals surface area (Å²) in [7, 11) is 6.54. The third-order valence-electron chi connectivity index (χ3n) is 8.06. The van der Waals surface area contributed by atoms with Gasteiger partial charge in [-0.1, -0.05) is 0 Å². The zero-order chi connectivity index (χ0) is 32.3. The van der Waals surface area contributed by atoms with Crippen LogP contribution >= 0.6 is 0 Å². The Morgan fingerprint density at radius 1 is 1.14 bits per heavy atom. The summed E-state index contributed by atoms with van der Waals surface area (Å²) in [5.41, 5.74) is 1.58. The minimum absolute atomic E-state index is 0.0199. The smallest absolute Gasteiger partial charge is 0.348 e. The van der Waals surface area contributed by atoms with Crippen molar-refractivity contribution in [2.75, 3.05) is 45.0 Å². The van der Waals surface area contributed by atoms with Crippen LogP contribution in [0.25, 0.3) is 5.76 Å². The molecule has 8 N–H and O–H groups in total. The van der Waals surface area contributed by atoms with Crippen molar-refractivity contribution in [2.24, 2.45) is 17.6 Å². The molecule has 1 unspecified atom stereocenters. The lowest BCUT2D eigenvalue weighted by molar-refractivity contribution is -0.174. The van der Waals surface area contributed by atoms with Crippen molar-refractivity contribution in [1.29, 1.82) is 0 Å². The molecule has 4 atom stereocenters. The lowest BCUT2D eigenvalue weighted by Gasteiger charge is -2.46. The summed E-state index contributed by atoms with van der Waals surface area (Å²) in [4.78, 5) is 54.9. The van der Waals surface area contributed by atoms with Crippen molar-refractivity contribution in [3.8, 4) is 5.75 Å². The Kier molecular flexibility index (Phi) is 8.02. The number of carbonyl (C=O) groups is 4. The first-order chi connectivity index (χ1) is 19.8. The first-order valence-corrected chi connectivity index (χ1v) is 13.7. The van der Waals surface area contributed by atoms with Gasteiger partial charge >= 0.3 is 5.97 Å². The molecule has 0 radical (unpaired) electrons. The number of anilines is 2. The maximum Gasteiger partial charge on any atom is 0.348 e. The van der Waals surface area contributed by atoms with Gasteiger partial charge in [0.15, 0.2) is 23.2 Å². The highest BCUT2D eigenvalue weighted by Gasteiger charge is 2.62. The van der Waals surface area contributed by atoms with Gasteiger partial charge in [0, 0.05) is 30.9 Å². The summed E-state index contributed by atoms with van der Waals surface area (Å²) in [5, 5.41) is 51.5. The molecule has 14 heteroatoms. The van der Waals surface area contributed by atoms with Crippen LogP contribution in [0.4, 0.5) is 11.4 Å². The number of aliphatic hydroxyl groups is 3. The number of aliphatic hydroxyl groups excluding tert-OH is 2. The zero-order valence-corrected chi connectivity index (χ0v) is 25.2. The fourth-order valence-corrected chi connectivity index (χ4v) is 6.04. The van der Waals surface area contributed by atoms with E-state index in [0.717, 1.165) is 0 Å². The van der Waals surface area contributed by atoms with E-state index >= 15 is 0 Å². The van der Waals surface area contributed by atoms with E-state index in [1.165, 1.54) is 19.0 Å². The minimum atomic E-state index is -2.87. The largest absolute Gasteiger partial charge is 0.508 e. The van der Waals surface area contributed by atoms with E-state index in [0.29, 0.717) is 11.3 Å². The van der Waals surface area contributed by atoms with Crippen molar-refractivity contribution in [1.82, 2.24) is 10.2 Å². The molecular formula is C29H39N5O9. The van der Waals surface area contributed by atoms with E-state index in [9.17, 15) is 39.6 Å². The van der Waals surface area contributed by atoms with Crippen LogP contribution < -0.4 is 21.3 Å². The second-order valence-electron chi connectivity index (χ2n) is 12.6. The molecular weight excluding hydrogens is 562 g/mol. The van der Waals surface area contributed by atoms with Crippen LogP contribution in [0.1, 0.15) is 38.3 Å². The number of benzene rings is 1. The van der Waals surface area contributed by atoms with Crippen molar-refractivity contribution in [2.45, 2.75) is 51.0 Å². The van der Waals surface area contributed by atoms with Gasteiger partial charge in [0.2, 0.25) is 11.7 Å². The Balaban J connectivity index is 1.91. The molecule has 1 aromatic rings. The Morgan fingerprint density at radius 3 is 2.30 bits per heavy atom. The van der Waals surface area contributed by atoms with Crippen molar-refractivity contribution < 1.29 is 44.3 Å². The number of nitrogens with zero attached hydrogens (tertiary/aromatic N) is 2. The van der Waals surface area contributed by atoms with Gasteiger partial charge in [-0.05, 0) is 65.3 Å². The number of amides is 2. The van der Waals surface area contributed by atoms with Crippen molar-refractivity contribution in [3.05, 3.63) is 34.1 Å². The van der Waals surface area contributed by atoms with E-state index in [-0.39, 0.29) is 41.7 Å². The number of ether oxygens (including phenoxy) is 1. The SMILES string of the molecule is CN(C)c1cc(NC(=O)CNC(C)(C)C)c(O)c2c1C[C@H]1C[C@H]3C(N(C)C)OC(=O)C(C(N)=O)=C(O)[C@@]3(O)C(=O)C1=C2O. The van der Waals surface area contributed by atoms with E-state index in [1.807, 2.05) is 20.8 Å². The minimum Gasteiger partial charge on any atom is -0.508 e. The second kappa shape index (κ2) is 10.8. The fraction of sp³-hybridized carbons (Fsp3) is 0.517. The Hall–Kier alpha value is -4.14. The van der Waals surface area contributed by atoms with Gasteiger partial charge in [0.05, 0.1) is 23.7 Å². The van der Waals surface area contributed by atoms with Gasteiger partial charge < -0.3 is 46.4 Å². The molecule has 1 aromatic carbocycles. The van der Waals surface area contributed by atoms with Crippen LogP contribution in [0.3, 0.4) is 0 Å². The fourth-order valence-electron chi connectivity index (χ4n) is 6.04. The number of hydrogen-bond acceptors (Lipinski definition) is 12. The number of nitrogens with two attached hydrogens (primary N) is 1. The van der Waals surface area contributed by atoms with Gasteiger partial charge in [-0.15, -0.1) is 0 Å². The zero-order valence-electron chi connectivity index (χ0n) is 25.2. The molecule has 1 aliphatic heterocycles. The second-order valence-corrected chi connectivity index (χ2v) is 12.6. The lowest BCUT2D eigenvalue weighted by Crippen LogP contribution is -2.60. The summed E-state index contributed by atoms with van der Waals surface area (Å²) in [6, 6.07) is 1.56. The molecule has 0 aromatic heterocycles. The molecule has 14 nitrogen and oxygen atoms in total. The lowest BCUT2D eigenvalue weighted by atomic mass is 9.61. The summed E-state index contributed by atoms with van der Waals surface area (Å²) in [6.07, 6.45) is -1.22. The number of phenolic OH excluding ortho intramolecular Hbond substituents is 1. The molecule has 43 heavy (non-hydrogen) atoms. The quantitative estimate of drug-likeness (QED) is 0.133. The molecule has 4 rings (SSSR count). The summed E-state index contributed by atoms with van der Waals surface area (Å²) in [5.74, 6) is -8.80. The van der Waals surface area contributed by atoms with Crippen LogP contribution in [0.15, 0.2) is 23.0 Å². The van der Waals surface area contributed by atoms with Crippen LogP contribution in [0.5, 0.6) is 5.75 Å². The van der Waals surface area contributed by atoms with Crippen LogP contribution in [-0.4, -0.2) is 101 Å². The predicted octanol–water partition coefficient (Wildman–Crippen LogP) is 0.288. The van der Waals surface area contributed by atoms with Crippen molar-refractivity contribution in [3.63, 3.8) is 0 Å². The summed E-state index contributed by atoms with van der Waals surface area (Å²) < 4.78 is 5.43. The molecule has 1 fully saturated rings. The van der Waals surface area contributed by atoms with Gasteiger partial charge in [-0.2, -0.15) is 0 Å². The molecule has 1 saturated carbocycles. The summed E-state index contributed by atoms with van der Waals surface area (Å²) in [6.45, 7) is 5.59. The average Bonchev–Trinajstić information content (AvgIpc) is 2.96. The topological polar surface area (TPSA) is 215 Å². The maximum atomic E-state index is 14.1. The first kappa shape index (κ1) is 31.8. The summed E-state index contributed by atoms with van der Waals surface area (Å²) >= 11 is 0. The average molecular weight is 602 g/mol. The molecule has 0 saturated heterocycles. The predicted molar refractivity (Wildman–Crippen MR) is 156 cm³/mol. The number of rotatable bonds is 6. The Morgan fingerprint density at radius 2 is 1.77 bits per heavy atom. The number of aromatic hydroxyl groups is 1. The highest BCUT2D eigenvalue weighted by molar-refractivity contribution is 6.19. The highest BCUT2D eigenvalue weighted by Crippen LogP contribution is 2.54. The van der Waals surface area contributed by atoms with Gasteiger partial charge in [0.25, 0.3) is 5.91 Å². The maximum absolute atomic E-state index is 14.1. The molecule has 0 bridgehead atoms. The highest BCUT2D eigenvalue weighted by atomic mass is 16.6. The number of hydrogen-bond donors (Lipinski definition) is 7. The standard InChI is InChI=1S/C29H39N5O9/c1-28(2,3)31-11-17(35)32-15-10-16(33(4)5)13-8-12-9-14-26(34(6)7)43-27(41)20(25(30)40)24(39)29(14,42)23(38)18(12)22(37)19(13)21(15)36/h10,12,14,26,31,36-37,39,42H,8-9,11H2,1-7H3,(H2,30,40)(H,32,35)/t12-,14-,26?,29-/m0/s1. The van der Waals surface area contributed by atoms with Gasteiger partial charge in [0.1, 0.15) is 11.5 Å². The normalized spacial score (nSPS) is 25.5. The number of cyclic esters (lactones) is 1. The van der Waals surface area contributed by atoms with E-state index in [1.54, 1.807) is 25.1 Å². The van der Waals surface area contributed by atoms with Crippen molar-refractivity contribution >= 4 is 40.7 Å². The number of primary amides is 1. The number of esters is 1. The molecule has 2 amide bonds. The van der Waals surface area contributed by atoms with E-state index < -0.39 is 70.1 Å². The number of carbonyl (C=O) groups excluding carboxylic acids is 4. The Bertz CT molecular complexity index is 1470. The number of phenols is 1. The Labute approximate surface area is 248 Å². The molecule has 1 heterocycles. The van der Waals surface area contributed by atoms with Crippen LogP contribution in [0.2, 0.25) is 0 Å². The first-order valence-electron chi connectivity index (χ1n) is 13.7. The third-order valence-corrected chi connectivity index (χ3v) is 8.06. The van der Waals surface area contributed by atoms with E-state index in [4.69, 9.17) is 10.5 Å². The van der Waals surface area contributed by atoms with Gasteiger partial charge in [-0.25, -0.2) is 4.79 Å². The molecule has 3 aliphatic rings. The van der Waals surface area contributed by atoms with Gasteiger partial charge in [-0.3, -0.25) is 19.3 Å². The number of ketones is 1. The molecule has 0 spiro atoms. The van der Waals surface area contributed by atoms with Crippen LogP contribution in [-0.2, 0) is 30.3 Å². The number of nitrogens with one attached hydrogen (secondary N) is 2. The molecule has 2 aliphatic carbocycles. The van der Waals surface area contributed by atoms with Crippen LogP contribution in [0, 0.1) is 11.8 Å². The monoisotopic (exact) mass is 601 g/mol. The third kappa shape index (κ3) is 5.30.